The summed E-state index contributed by atoms with van der Waals surface area (Å²) in [6.45, 7) is 5.36. The van der Waals surface area contributed by atoms with Gasteiger partial charge in [0.05, 0.1) is 6.04 Å². The van der Waals surface area contributed by atoms with Crippen LogP contribution >= 0.6 is 12.4 Å². The maximum absolute atomic E-state index is 6.04. The summed E-state index contributed by atoms with van der Waals surface area (Å²) in [5.74, 6) is 2.19. The quantitative estimate of drug-likeness (QED) is 0.916. The Morgan fingerprint density at radius 1 is 1.25 bits per heavy atom. The highest BCUT2D eigenvalue weighted by Crippen LogP contribution is 2.33. The molecule has 0 aliphatic carbocycles. The van der Waals surface area contributed by atoms with Crippen LogP contribution in [0.25, 0.3) is 11.3 Å². The Labute approximate surface area is 126 Å². The third-order valence-corrected chi connectivity index (χ3v) is 3.60. The van der Waals surface area contributed by atoms with Crippen molar-refractivity contribution < 1.29 is 4.42 Å². The zero-order valence-electron chi connectivity index (χ0n) is 11.9. The van der Waals surface area contributed by atoms with Crippen molar-refractivity contribution in [2.45, 2.75) is 38.6 Å². The molecule has 1 saturated heterocycles. The predicted octanol–water partition coefficient (Wildman–Crippen LogP) is 4.31. The topological polar surface area (TPSA) is 38.1 Å². The first kappa shape index (κ1) is 15.1. The van der Waals surface area contributed by atoms with Gasteiger partial charge in [-0.15, -0.1) is 12.4 Å². The molecular weight excluding hydrogens is 272 g/mol. The van der Waals surface area contributed by atoms with Crippen LogP contribution in [0.1, 0.15) is 50.3 Å². The molecule has 0 radical (unpaired) electrons. The summed E-state index contributed by atoms with van der Waals surface area (Å²) in [7, 11) is 0. The van der Waals surface area contributed by atoms with Crippen molar-refractivity contribution in [1.29, 1.82) is 0 Å². The number of benzene rings is 1. The Morgan fingerprint density at radius 2 is 2.00 bits per heavy atom. The van der Waals surface area contributed by atoms with Crippen LogP contribution in [-0.2, 0) is 0 Å². The standard InChI is InChI=1S/C16H20N2O.ClH/c1-11(2)15-14(12-7-4-3-5-8-12)18-16(19-15)13-9-6-10-17-13;/h3-5,7-8,11,13,17H,6,9-10H2,1-2H3;1H. The van der Waals surface area contributed by atoms with E-state index in [-0.39, 0.29) is 18.4 Å². The molecule has 0 saturated carbocycles. The molecule has 20 heavy (non-hydrogen) atoms. The molecule has 2 heterocycles. The van der Waals surface area contributed by atoms with Gasteiger partial charge in [-0.05, 0) is 19.4 Å². The van der Waals surface area contributed by atoms with E-state index in [0.29, 0.717) is 5.92 Å². The predicted molar refractivity (Wildman–Crippen MR) is 83.3 cm³/mol. The highest BCUT2D eigenvalue weighted by atomic mass is 35.5. The fourth-order valence-electron chi connectivity index (χ4n) is 2.59. The monoisotopic (exact) mass is 292 g/mol. The molecule has 1 fully saturated rings. The van der Waals surface area contributed by atoms with E-state index in [4.69, 9.17) is 9.40 Å². The molecule has 1 atom stereocenters. The lowest BCUT2D eigenvalue weighted by Crippen LogP contribution is -2.12. The van der Waals surface area contributed by atoms with Crippen molar-refractivity contribution >= 4 is 12.4 Å². The summed E-state index contributed by atoms with van der Waals surface area (Å²) in [5.41, 5.74) is 2.14. The van der Waals surface area contributed by atoms with E-state index in [1.165, 1.54) is 6.42 Å². The molecule has 1 aliphatic rings. The summed E-state index contributed by atoms with van der Waals surface area (Å²) >= 11 is 0. The van der Waals surface area contributed by atoms with Gasteiger partial charge in [-0.3, -0.25) is 0 Å². The summed E-state index contributed by atoms with van der Waals surface area (Å²) in [5, 5.41) is 3.45. The molecule has 1 aromatic carbocycles. The van der Waals surface area contributed by atoms with Crippen LogP contribution in [-0.4, -0.2) is 11.5 Å². The Hall–Kier alpha value is -1.32. The van der Waals surface area contributed by atoms with Gasteiger partial charge in [0.2, 0.25) is 5.89 Å². The number of oxazole rings is 1. The van der Waals surface area contributed by atoms with Crippen LogP contribution in [0.2, 0.25) is 0 Å². The van der Waals surface area contributed by atoms with Crippen LogP contribution in [0.15, 0.2) is 34.7 Å². The summed E-state index contributed by atoms with van der Waals surface area (Å²) in [6, 6.07) is 10.6. The molecule has 1 unspecified atom stereocenters. The van der Waals surface area contributed by atoms with Crippen LogP contribution in [0.5, 0.6) is 0 Å². The molecule has 0 spiro atoms. The lowest BCUT2D eigenvalue weighted by atomic mass is 10.0. The molecule has 3 nitrogen and oxygen atoms in total. The number of nitrogens with one attached hydrogen (secondary N) is 1. The van der Waals surface area contributed by atoms with Crippen LogP contribution < -0.4 is 5.32 Å². The largest absolute Gasteiger partial charge is 0.443 e. The summed E-state index contributed by atoms with van der Waals surface area (Å²) < 4.78 is 6.04. The molecule has 0 bridgehead atoms. The Bertz CT molecular complexity index is 545. The number of hydrogen-bond donors (Lipinski definition) is 1. The molecule has 0 amide bonds. The molecular formula is C16H21ClN2O. The molecule has 1 aromatic heterocycles. The first-order chi connectivity index (χ1) is 9.25. The minimum atomic E-state index is 0. The normalized spacial score (nSPS) is 18.2. The van der Waals surface area contributed by atoms with Gasteiger partial charge in [0.1, 0.15) is 11.5 Å². The number of nitrogens with zero attached hydrogens (tertiary/aromatic N) is 1. The zero-order chi connectivity index (χ0) is 13.2. The highest BCUT2D eigenvalue weighted by molar-refractivity contribution is 5.85. The van der Waals surface area contributed by atoms with E-state index >= 15 is 0 Å². The molecule has 108 valence electrons. The minimum absolute atomic E-state index is 0. The fraction of sp³-hybridized carbons (Fsp3) is 0.438. The van der Waals surface area contributed by atoms with Crippen LogP contribution in [0.4, 0.5) is 0 Å². The van der Waals surface area contributed by atoms with Crippen LogP contribution in [0, 0.1) is 0 Å². The third kappa shape index (κ3) is 2.89. The van der Waals surface area contributed by atoms with E-state index < -0.39 is 0 Å². The zero-order valence-corrected chi connectivity index (χ0v) is 12.7. The Balaban J connectivity index is 0.00000147. The summed E-state index contributed by atoms with van der Waals surface area (Å²) in [4.78, 5) is 4.75. The average molecular weight is 293 g/mol. The van der Waals surface area contributed by atoms with Crippen LogP contribution in [0.3, 0.4) is 0 Å². The van der Waals surface area contributed by atoms with Gasteiger partial charge in [0.25, 0.3) is 0 Å². The number of hydrogen-bond acceptors (Lipinski definition) is 3. The van der Waals surface area contributed by atoms with Gasteiger partial charge in [-0.2, -0.15) is 0 Å². The SMILES string of the molecule is CC(C)c1oc(C2CCCN2)nc1-c1ccccc1.Cl. The van der Waals surface area contributed by atoms with E-state index in [9.17, 15) is 0 Å². The van der Waals surface area contributed by atoms with Crippen molar-refractivity contribution in [3.8, 4) is 11.3 Å². The summed E-state index contributed by atoms with van der Waals surface area (Å²) in [6.07, 6.45) is 2.32. The maximum Gasteiger partial charge on any atom is 0.212 e. The van der Waals surface area contributed by atoms with Crippen molar-refractivity contribution in [3.63, 3.8) is 0 Å². The molecule has 2 aromatic rings. The molecule has 3 rings (SSSR count). The third-order valence-electron chi connectivity index (χ3n) is 3.60. The molecule has 1 aliphatic heterocycles. The van der Waals surface area contributed by atoms with Gasteiger partial charge in [-0.25, -0.2) is 4.98 Å². The second-order valence-corrected chi connectivity index (χ2v) is 5.43. The number of rotatable bonds is 3. The van der Waals surface area contributed by atoms with Crippen molar-refractivity contribution in [1.82, 2.24) is 10.3 Å². The molecule has 4 heteroatoms. The first-order valence-corrected chi connectivity index (χ1v) is 7.05. The van der Waals surface area contributed by atoms with Gasteiger partial charge >= 0.3 is 0 Å². The van der Waals surface area contributed by atoms with Gasteiger partial charge in [-0.1, -0.05) is 44.2 Å². The van der Waals surface area contributed by atoms with Gasteiger partial charge < -0.3 is 9.73 Å². The molecule has 1 N–H and O–H groups in total. The van der Waals surface area contributed by atoms with Gasteiger partial charge in [0.15, 0.2) is 0 Å². The lowest BCUT2D eigenvalue weighted by Gasteiger charge is -2.04. The van der Waals surface area contributed by atoms with Gasteiger partial charge in [0, 0.05) is 11.5 Å². The minimum Gasteiger partial charge on any atom is -0.443 e. The van der Waals surface area contributed by atoms with E-state index in [0.717, 1.165) is 35.9 Å². The van der Waals surface area contributed by atoms with Crippen molar-refractivity contribution in [2.24, 2.45) is 0 Å². The smallest absolute Gasteiger partial charge is 0.212 e. The first-order valence-electron chi connectivity index (χ1n) is 7.05. The Morgan fingerprint density at radius 3 is 2.60 bits per heavy atom. The average Bonchev–Trinajstić information content (AvgIpc) is 3.08. The fourth-order valence-corrected chi connectivity index (χ4v) is 2.59. The number of halogens is 1. The maximum atomic E-state index is 6.04. The number of aromatic nitrogens is 1. The lowest BCUT2D eigenvalue weighted by molar-refractivity contribution is 0.394. The van der Waals surface area contributed by atoms with E-state index in [1.54, 1.807) is 0 Å². The van der Waals surface area contributed by atoms with Crippen molar-refractivity contribution in [2.75, 3.05) is 6.54 Å². The second-order valence-electron chi connectivity index (χ2n) is 5.43. The highest BCUT2D eigenvalue weighted by Gasteiger charge is 2.25. The van der Waals surface area contributed by atoms with E-state index in [1.807, 2.05) is 18.2 Å². The van der Waals surface area contributed by atoms with Crippen molar-refractivity contribution in [3.05, 3.63) is 42.0 Å². The van der Waals surface area contributed by atoms with E-state index in [2.05, 4.69) is 31.3 Å². The Kier molecular flexibility index (Phi) is 4.84. The second kappa shape index (κ2) is 6.42.